The fourth-order valence-electron chi connectivity index (χ4n) is 2.18. The van der Waals surface area contributed by atoms with E-state index in [4.69, 9.17) is 0 Å². The topological polar surface area (TPSA) is 20.3 Å². The highest BCUT2D eigenvalue weighted by Gasteiger charge is 2.26. The van der Waals surface area contributed by atoms with Gasteiger partial charge in [0.2, 0.25) is 6.41 Å². The van der Waals surface area contributed by atoms with Crippen LogP contribution in [0.5, 0.6) is 0 Å². The Hall–Kier alpha value is -0.580. The van der Waals surface area contributed by atoms with E-state index in [1.807, 2.05) is 4.90 Å². The monoisotopic (exact) mass is 315 g/mol. The summed E-state index contributed by atoms with van der Waals surface area (Å²) < 4.78 is 1.30. The summed E-state index contributed by atoms with van der Waals surface area (Å²) >= 11 is 2.38. The molecule has 15 heavy (non-hydrogen) atoms. The van der Waals surface area contributed by atoms with Gasteiger partial charge < -0.3 is 4.90 Å². The summed E-state index contributed by atoms with van der Waals surface area (Å²) in [6.07, 6.45) is 3.20. The molecule has 1 aromatic rings. The predicted octanol–water partition coefficient (Wildman–Crippen LogP) is 2.89. The number of nitrogens with zero attached hydrogens (tertiary/aromatic N) is 1. The summed E-state index contributed by atoms with van der Waals surface area (Å²) in [5, 5.41) is 0. The van der Waals surface area contributed by atoms with Crippen LogP contribution in [-0.2, 0) is 4.79 Å². The zero-order chi connectivity index (χ0) is 10.8. The molecule has 0 spiro atoms. The van der Waals surface area contributed by atoms with E-state index in [0.717, 1.165) is 25.8 Å². The Morgan fingerprint density at radius 3 is 3.07 bits per heavy atom. The third-order valence-electron chi connectivity index (χ3n) is 3.01. The van der Waals surface area contributed by atoms with Crippen LogP contribution in [0.3, 0.4) is 0 Å². The first kappa shape index (κ1) is 10.9. The second kappa shape index (κ2) is 4.51. The van der Waals surface area contributed by atoms with Crippen LogP contribution in [0, 0.1) is 10.5 Å². The van der Waals surface area contributed by atoms with Crippen molar-refractivity contribution in [3.05, 3.63) is 32.9 Å². The Balaban J connectivity index is 2.36. The molecule has 0 aliphatic carbocycles. The van der Waals surface area contributed by atoms with E-state index < -0.39 is 0 Å². The maximum absolute atomic E-state index is 10.9. The van der Waals surface area contributed by atoms with E-state index >= 15 is 0 Å². The zero-order valence-electron chi connectivity index (χ0n) is 8.74. The molecule has 1 saturated heterocycles. The Kier molecular flexibility index (Phi) is 3.29. The Morgan fingerprint density at radius 1 is 1.53 bits per heavy atom. The van der Waals surface area contributed by atoms with Gasteiger partial charge in [0.15, 0.2) is 0 Å². The highest BCUT2D eigenvalue weighted by molar-refractivity contribution is 14.1. The molecule has 1 aliphatic rings. The van der Waals surface area contributed by atoms with E-state index in [9.17, 15) is 4.79 Å². The molecule has 1 aromatic carbocycles. The fourth-order valence-corrected chi connectivity index (χ4v) is 2.90. The van der Waals surface area contributed by atoms with E-state index in [-0.39, 0.29) is 0 Å². The van der Waals surface area contributed by atoms with Gasteiger partial charge in [0.25, 0.3) is 0 Å². The first-order chi connectivity index (χ1) is 7.24. The number of carbonyl (C=O) groups excluding carboxylic acids is 1. The van der Waals surface area contributed by atoms with Gasteiger partial charge >= 0.3 is 0 Å². The lowest BCUT2D eigenvalue weighted by molar-refractivity contribution is -0.118. The van der Waals surface area contributed by atoms with Gasteiger partial charge in [-0.3, -0.25) is 4.79 Å². The minimum Gasteiger partial charge on any atom is -0.338 e. The molecule has 1 heterocycles. The van der Waals surface area contributed by atoms with Gasteiger partial charge in [-0.15, -0.1) is 0 Å². The number of benzene rings is 1. The smallest absolute Gasteiger partial charge is 0.210 e. The maximum atomic E-state index is 10.9. The van der Waals surface area contributed by atoms with Crippen LogP contribution < -0.4 is 0 Å². The predicted molar refractivity (Wildman–Crippen MR) is 68.6 cm³/mol. The van der Waals surface area contributed by atoms with Gasteiger partial charge in [0, 0.05) is 10.1 Å². The first-order valence-electron chi connectivity index (χ1n) is 5.20. The van der Waals surface area contributed by atoms with Gasteiger partial charge in [-0.1, -0.05) is 18.2 Å². The van der Waals surface area contributed by atoms with Gasteiger partial charge in [-0.2, -0.15) is 0 Å². The highest BCUT2D eigenvalue weighted by atomic mass is 127. The van der Waals surface area contributed by atoms with Crippen LogP contribution in [0.15, 0.2) is 18.2 Å². The van der Waals surface area contributed by atoms with Crippen molar-refractivity contribution in [1.29, 1.82) is 0 Å². The van der Waals surface area contributed by atoms with Crippen molar-refractivity contribution in [3.63, 3.8) is 0 Å². The normalized spacial score (nSPS) is 20.7. The molecule has 80 valence electrons. The molecule has 1 fully saturated rings. The lowest BCUT2D eigenvalue weighted by Crippen LogP contribution is -2.21. The molecule has 3 heteroatoms. The Labute approximate surface area is 104 Å². The average Bonchev–Trinajstić information content (AvgIpc) is 2.70. The molecule has 0 N–H and O–H groups in total. The zero-order valence-corrected chi connectivity index (χ0v) is 10.9. The largest absolute Gasteiger partial charge is 0.338 e. The first-order valence-corrected chi connectivity index (χ1v) is 6.28. The molecule has 0 unspecified atom stereocenters. The van der Waals surface area contributed by atoms with Crippen molar-refractivity contribution in [2.24, 2.45) is 0 Å². The van der Waals surface area contributed by atoms with Crippen molar-refractivity contribution in [2.45, 2.75) is 25.8 Å². The SMILES string of the molecule is Cc1cccc([C@H]2CCCN2C=O)c1I. The second-order valence-corrected chi connectivity index (χ2v) is 5.06. The quantitative estimate of drug-likeness (QED) is 0.607. The number of likely N-dealkylation sites (tertiary alicyclic amines) is 1. The fraction of sp³-hybridized carbons (Fsp3) is 0.417. The molecule has 1 aliphatic heterocycles. The summed E-state index contributed by atoms with van der Waals surface area (Å²) in [5.41, 5.74) is 2.60. The summed E-state index contributed by atoms with van der Waals surface area (Å²) in [6, 6.07) is 6.63. The maximum Gasteiger partial charge on any atom is 0.210 e. The average molecular weight is 315 g/mol. The molecule has 0 bridgehead atoms. The number of carbonyl (C=O) groups is 1. The van der Waals surface area contributed by atoms with Crippen molar-refractivity contribution in [1.82, 2.24) is 4.90 Å². The summed E-state index contributed by atoms with van der Waals surface area (Å²) in [4.78, 5) is 12.8. The van der Waals surface area contributed by atoms with Crippen LogP contribution in [-0.4, -0.2) is 17.9 Å². The van der Waals surface area contributed by atoms with E-state index in [2.05, 4.69) is 47.7 Å². The van der Waals surface area contributed by atoms with Crippen LogP contribution in [0.25, 0.3) is 0 Å². The summed E-state index contributed by atoms with van der Waals surface area (Å²) in [5.74, 6) is 0. The lowest BCUT2D eigenvalue weighted by Gasteiger charge is -2.22. The molecular formula is C12H14INO. The molecule has 0 saturated carbocycles. The molecule has 1 atom stereocenters. The van der Waals surface area contributed by atoms with Crippen molar-refractivity contribution < 1.29 is 4.79 Å². The Bertz CT molecular complexity index is 378. The summed E-state index contributed by atoms with van der Waals surface area (Å²) in [6.45, 7) is 3.02. The number of hydrogen-bond donors (Lipinski definition) is 0. The van der Waals surface area contributed by atoms with Crippen molar-refractivity contribution in [2.75, 3.05) is 6.54 Å². The third kappa shape index (κ3) is 2.02. The Morgan fingerprint density at radius 2 is 2.33 bits per heavy atom. The molecule has 0 aromatic heterocycles. The van der Waals surface area contributed by atoms with Crippen LogP contribution in [0.2, 0.25) is 0 Å². The second-order valence-electron chi connectivity index (χ2n) is 3.98. The van der Waals surface area contributed by atoms with Crippen LogP contribution in [0.1, 0.15) is 30.0 Å². The van der Waals surface area contributed by atoms with Gasteiger partial charge in [0.1, 0.15) is 0 Å². The van der Waals surface area contributed by atoms with Crippen LogP contribution >= 0.6 is 22.6 Å². The van der Waals surface area contributed by atoms with Gasteiger partial charge in [-0.05, 0) is 53.5 Å². The van der Waals surface area contributed by atoms with E-state index in [1.54, 1.807) is 0 Å². The number of halogens is 1. The molecule has 2 rings (SSSR count). The number of amides is 1. The standard InChI is InChI=1S/C12H14INO/c1-9-4-2-5-10(12(9)13)11-6-3-7-14(11)8-15/h2,4-5,8,11H,3,6-7H2,1H3/t11-/m1/s1. The minimum atomic E-state index is 0.300. The molecule has 0 radical (unpaired) electrons. The van der Waals surface area contributed by atoms with Crippen molar-refractivity contribution >= 4 is 29.0 Å². The van der Waals surface area contributed by atoms with Crippen molar-refractivity contribution in [3.8, 4) is 0 Å². The van der Waals surface area contributed by atoms with Gasteiger partial charge in [0.05, 0.1) is 6.04 Å². The molecule has 1 amide bonds. The van der Waals surface area contributed by atoms with E-state index in [0.29, 0.717) is 6.04 Å². The van der Waals surface area contributed by atoms with Gasteiger partial charge in [-0.25, -0.2) is 0 Å². The lowest BCUT2D eigenvalue weighted by atomic mass is 10.0. The van der Waals surface area contributed by atoms with E-state index in [1.165, 1.54) is 14.7 Å². The number of rotatable bonds is 2. The highest BCUT2D eigenvalue weighted by Crippen LogP contribution is 2.34. The molecule has 2 nitrogen and oxygen atoms in total. The molecular weight excluding hydrogens is 301 g/mol. The minimum absolute atomic E-state index is 0.300. The third-order valence-corrected chi connectivity index (χ3v) is 4.48. The number of aryl methyl sites for hydroxylation is 1. The number of hydrogen-bond acceptors (Lipinski definition) is 1. The summed E-state index contributed by atoms with van der Waals surface area (Å²) in [7, 11) is 0. The van der Waals surface area contributed by atoms with Crippen LogP contribution in [0.4, 0.5) is 0 Å².